The van der Waals surface area contributed by atoms with Crippen molar-refractivity contribution in [3.63, 3.8) is 0 Å². The summed E-state index contributed by atoms with van der Waals surface area (Å²) in [5.74, 6) is 0.938. The number of hydrogen-bond acceptors (Lipinski definition) is 1. The Balaban J connectivity index is 2.17. The Bertz CT molecular complexity index is 786. The number of allylic oxidation sites excluding steroid dienone is 1. The third kappa shape index (κ3) is 2.70. The molecule has 0 bridgehead atoms. The fourth-order valence-corrected chi connectivity index (χ4v) is 2.70. The quantitative estimate of drug-likeness (QED) is 0.593. The maximum absolute atomic E-state index is 5.99. The number of nitrogens with zero attached hydrogens (tertiary/aromatic N) is 2. The van der Waals surface area contributed by atoms with E-state index in [4.69, 9.17) is 16.6 Å². The van der Waals surface area contributed by atoms with Crippen molar-refractivity contribution in [3.05, 3.63) is 78.0 Å². The smallest absolute Gasteiger partial charge is 0.141 e. The molecule has 22 heavy (non-hydrogen) atoms. The summed E-state index contributed by atoms with van der Waals surface area (Å²) in [5.41, 5.74) is 4.32. The highest BCUT2D eigenvalue weighted by atomic mass is 35.5. The molecule has 0 aliphatic heterocycles. The van der Waals surface area contributed by atoms with Crippen LogP contribution >= 0.6 is 11.6 Å². The average molecular weight is 309 g/mol. The van der Waals surface area contributed by atoms with E-state index in [0.717, 1.165) is 39.9 Å². The molecule has 3 aromatic rings. The van der Waals surface area contributed by atoms with Gasteiger partial charge in [-0.1, -0.05) is 48.0 Å². The topological polar surface area (TPSA) is 17.8 Å². The van der Waals surface area contributed by atoms with E-state index in [-0.39, 0.29) is 0 Å². The Morgan fingerprint density at radius 3 is 2.36 bits per heavy atom. The Morgan fingerprint density at radius 1 is 1.05 bits per heavy atom. The first-order valence-electron chi connectivity index (χ1n) is 7.20. The van der Waals surface area contributed by atoms with E-state index in [2.05, 4.69) is 30.2 Å². The number of imidazole rings is 1. The van der Waals surface area contributed by atoms with E-state index in [1.54, 1.807) is 0 Å². The van der Waals surface area contributed by atoms with Gasteiger partial charge in [-0.15, -0.1) is 6.58 Å². The van der Waals surface area contributed by atoms with Crippen LogP contribution in [0.5, 0.6) is 0 Å². The molecule has 110 valence electrons. The van der Waals surface area contributed by atoms with Crippen molar-refractivity contribution >= 4 is 11.6 Å². The van der Waals surface area contributed by atoms with E-state index in [0.29, 0.717) is 0 Å². The minimum atomic E-state index is 0.726. The lowest BCUT2D eigenvalue weighted by atomic mass is 10.1. The molecule has 2 nitrogen and oxygen atoms in total. The molecule has 0 radical (unpaired) electrons. The minimum Gasteiger partial charge on any atom is -0.324 e. The van der Waals surface area contributed by atoms with Gasteiger partial charge in [-0.3, -0.25) is 0 Å². The van der Waals surface area contributed by atoms with Gasteiger partial charge in [0.1, 0.15) is 5.82 Å². The number of benzene rings is 2. The lowest BCUT2D eigenvalue weighted by Crippen LogP contribution is -2.00. The van der Waals surface area contributed by atoms with Crippen molar-refractivity contribution < 1.29 is 0 Å². The lowest BCUT2D eigenvalue weighted by Gasteiger charge is -2.07. The molecule has 3 heteroatoms. The van der Waals surface area contributed by atoms with E-state index in [1.807, 2.05) is 48.5 Å². The summed E-state index contributed by atoms with van der Waals surface area (Å²) < 4.78 is 2.18. The van der Waals surface area contributed by atoms with Gasteiger partial charge < -0.3 is 4.57 Å². The van der Waals surface area contributed by atoms with Crippen LogP contribution < -0.4 is 0 Å². The lowest BCUT2D eigenvalue weighted by molar-refractivity contribution is 0.802. The number of hydrogen-bond donors (Lipinski definition) is 0. The molecule has 1 heterocycles. The normalized spacial score (nSPS) is 10.6. The molecule has 0 atom stereocenters. The zero-order valence-corrected chi connectivity index (χ0v) is 13.2. The summed E-state index contributed by atoms with van der Waals surface area (Å²) >= 11 is 5.99. The van der Waals surface area contributed by atoms with E-state index in [1.165, 1.54) is 0 Å². The van der Waals surface area contributed by atoms with Gasteiger partial charge in [0.2, 0.25) is 0 Å². The summed E-state index contributed by atoms with van der Waals surface area (Å²) in [4.78, 5) is 4.87. The monoisotopic (exact) mass is 308 g/mol. The maximum Gasteiger partial charge on any atom is 0.141 e. The fourth-order valence-electron chi connectivity index (χ4n) is 2.58. The van der Waals surface area contributed by atoms with Crippen molar-refractivity contribution in [1.29, 1.82) is 0 Å². The molecule has 0 unspecified atom stereocenters. The van der Waals surface area contributed by atoms with Crippen molar-refractivity contribution in [2.75, 3.05) is 0 Å². The molecule has 2 aromatic carbocycles. The van der Waals surface area contributed by atoms with Gasteiger partial charge in [-0.2, -0.15) is 0 Å². The maximum atomic E-state index is 5.99. The molecule has 1 aromatic heterocycles. The van der Waals surface area contributed by atoms with Crippen LogP contribution in [0.15, 0.2) is 67.3 Å². The second kappa shape index (κ2) is 6.20. The number of aromatic nitrogens is 2. The highest BCUT2D eigenvalue weighted by Crippen LogP contribution is 2.29. The Hall–Kier alpha value is -2.32. The van der Waals surface area contributed by atoms with E-state index >= 15 is 0 Å². The van der Waals surface area contributed by atoms with Gasteiger partial charge in [0.15, 0.2) is 0 Å². The molecule has 0 N–H and O–H groups in total. The molecule has 0 saturated carbocycles. The summed E-state index contributed by atoms with van der Waals surface area (Å²) in [6, 6.07) is 18.0. The molecule has 0 aliphatic rings. The Labute approximate surface area is 135 Å². The summed E-state index contributed by atoms with van der Waals surface area (Å²) in [5, 5.41) is 0.727. The Kier molecular flexibility index (Phi) is 4.12. The minimum absolute atomic E-state index is 0.726. The van der Waals surface area contributed by atoms with Crippen LogP contribution in [0.2, 0.25) is 5.02 Å². The van der Waals surface area contributed by atoms with Crippen molar-refractivity contribution in [1.82, 2.24) is 9.55 Å². The van der Waals surface area contributed by atoms with Crippen LogP contribution in [0.1, 0.15) is 5.69 Å². The third-order valence-corrected chi connectivity index (χ3v) is 3.93. The first kappa shape index (κ1) is 14.6. The molecule has 0 spiro atoms. The molecule has 0 amide bonds. The average Bonchev–Trinajstić information content (AvgIpc) is 2.87. The summed E-state index contributed by atoms with van der Waals surface area (Å²) in [6.45, 7) is 6.68. The van der Waals surface area contributed by atoms with Crippen LogP contribution in [-0.2, 0) is 6.54 Å². The van der Waals surface area contributed by atoms with Gasteiger partial charge >= 0.3 is 0 Å². The van der Waals surface area contributed by atoms with Crippen LogP contribution in [0, 0.1) is 6.92 Å². The predicted molar refractivity (Wildman–Crippen MR) is 93.0 cm³/mol. The predicted octanol–water partition coefficient (Wildman–Crippen LogP) is 5.36. The fraction of sp³-hybridized carbons (Fsp3) is 0.105. The highest BCUT2D eigenvalue weighted by molar-refractivity contribution is 6.30. The first-order valence-corrected chi connectivity index (χ1v) is 7.58. The zero-order valence-electron chi connectivity index (χ0n) is 12.5. The summed E-state index contributed by atoms with van der Waals surface area (Å²) in [6.07, 6.45) is 1.89. The van der Waals surface area contributed by atoms with E-state index in [9.17, 15) is 0 Å². The second-order valence-electron chi connectivity index (χ2n) is 5.14. The van der Waals surface area contributed by atoms with Gasteiger partial charge in [-0.25, -0.2) is 4.98 Å². The van der Waals surface area contributed by atoms with Gasteiger partial charge in [0, 0.05) is 28.4 Å². The zero-order chi connectivity index (χ0) is 15.5. The molecular formula is C19H17ClN2. The third-order valence-electron chi connectivity index (χ3n) is 3.68. The summed E-state index contributed by atoms with van der Waals surface area (Å²) in [7, 11) is 0. The van der Waals surface area contributed by atoms with Crippen molar-refractivity contribution in [2.24, 2.45) is 0 Å². The standard InChI is InChI=1S/C19H17ClN2/c1-3-13-22-14(2)18(15-7-5-4-6-8-15)21-19(22)16-9-11-17(20)12-10-16/h3-12H,1,13H2,2H3. The van der Waals surface area contributed by atoms with Crippen molar-refractivity contribution in [2.45, 2.75) is 13.5 Å². The Morgan fingerprint density at radius 2 is 1.73 bits per heavy atom. The van der Waals surface area contributed by atoms with Gasteiger partial charge in [-0.05, 0) is 31.2 Å². The largest absolute Gasteiger partial charge is 0.324 e. The second-order valence-corrected chi connectivity index (χ2v) is 5.58. The van der Waals surface area contributed by atoms with Crippen molar-refractivity contribution in [3.8, 4) is 22.6 Å². The first-order chi connectivity index (χ1) is 10.7. The van der Waals surface area contributed by atoms with Crippen LogP contribution in [0.4, 0.5) is 0 Å². The van der Waals surface area contributed by atoms with Gasteiger partial charge in [0.05, 0.1) is 5.69 Å². The molecular weight excluding hydrogens is 292 g/mol. The van der Waals surface area contributed by atoms with E-state index < -0.39 is 0 Å². The van der Waals surface area contributed by atoms with Crippen LogP contribution in [-0.4, -0.2) is 9.55 Å². The number of halogens is 1. The van der Waals surface area contributed by atoms with Crippen LogP contribution in [0.3, 0.4) is 0 Å². The molecule has 0 aliphatic carbocycles. The molecule has 0 saturated heterocycles. The SMILES string of the molecule is C=CCn1c(-c2ccc(Cl)cc2)nc(-c2ccccc2)c1C. The molecule has 3 rings (SSSR count). The van der Waals surface area contributed by atoms with Gasteiger partial charge in [0.25, 0.3) is 0 Å². The molecule has 0 fully saturated rings. The van der Waals surface area contributed by atoms with Crippen LogP contribution in [0.25, 0.3) is 22.6 Å². The number of rotatable bonds is 4. The highest BCUT2D eigenvalue weighted by Gasteiger charge is 2.15.